The lowest BCUT2D eigenvalue weighted by Gasteiger charge is -2.31. The summed E-state index contributed by atoms with van der Waals surface area (Å²) in [6.45, 7) is 2.69. The summed E-state index contributed by atoms with van der Waals surface area (Å²) in [7, 11) is 0. The maximum atomic E-state index is 12.2. The lowest BCUT2D eigenvalue weighted by molar-refractivity contribution is -0.143. The monoisotopic (exact) mass is 301 g/mol. The maximum absolute atomic E-state index is 12.2. The summed E-state index contributed by atoms with van der Waals surface area (Å²) < 4.78 is 0. The number of hydrogen-bond donors (Lipinski definition) is 2. The number of carbonyl (C=O) groups is 2. The molecule has 2 unspecified atom stereocenters. The van der Waals surface area contributed by atoms with Crippen molar-refractivity contribution >= 4 is 12.0 Å². The highest BCUT2D eigenvalue weighted by Crippen LogP contribution is 2.18. The van der Waals surface area contributed by atoms with Crippen LogP contribution < -0.4 is 5.32 Å². The zero-order valence-electron chi connectivity index (χ0n) is 12.5. The Hall–Kier alpha value is -2.55. The van der Waals surface area contributed by atoms with E-state index in [1.54, 1.807) is 29.2 Å². The maximum Gasteiger partial charge on any atom is 0.317 e. The fourth-order valence-electron chi connectivity index (χ4n) is 2.57. The van der Waals surface area contributed by atoms with Gasteiger partial charge in [0.1, 0.15) is 0 Å². The van der Waals surface area contributed by atoms with Crippen LogP contribution in [0.4, 0.5) is 4.79 Å². The molecule has 0 radical (unpaired) electrons. The van der Waals surface area contributed by atoms with Crippen LogP contribution in [0.1, 0.15) is 36.9 Å². The average Bonchev–Trinajstić information content (AvgIpc) is 2.54. The van der Waals surface area contributed by atoms with Crippen LogP contribution in [-0.4, -0.2) is 35.1 Å². The third-order valence-electron chi connectivity index (χ3n) is 3.94. The van der Waals surface area contributed by atoms with Gasteiger partial charge in [-0.25, -0.2) is 4.79 Å². The predicted octanol–water partition coefficient (Wildman–Crippen LogP) is 2.13. The van der Waals surface area contributed by atoms with Crippen LogP contribution in [0.25, 0.3) is 0 Å². The molecule has 1 fully saturated rings. The second kappa shape index (κ2) is 6.94. The van der Waals surface area contributed by atoms with E-state index < -0.39 is 11.9 Å². The molecule has 1 aromatic rings. The van der Waals surface area contributed by atoms with E-state index in [0.717, 1.165) is 5.56 Å². The van der Waals surface area contributed by atoms with Gasteiger partial charge in [0.2, 0.25) is 0 Å². The number of nitriles is 1. The van der Waals surface area contributed by atoms with Gasteiger partial charge in [0.15, 0.2) is 0 Å². The van der Waals surface area contributed by atoms with Gasteiger partial charge in [-0.1, -0.05) is 12.1 Å². The molecule has 2 N–H and O–H groups in total. The van der Waals surface area contributed by atoms with Gasteiger partial charge in [-0.05, 0) is 37.5 Å². The molecular formula is C16H19N3O3. The number of urea groups is 1. The summed E-state index contributed by atoms with van der Waals surface area (Å²) in [5.41, 5.74) is 1.47. The zero-order chi connectivity index (χ0) is 16.1. The standard InChI is InChI=1S/C16H19N3O3/c1-11(13-6-4-12(9-17)5-7-13)18-16(22)19-8-2-3-14(10-19)15(20)21/h4-7,11,14H,2-3,8,10H2,1H3,(H,18,22)(H,20,21). The number of amides is 2. The topological polar surface area (TPSA) is 93.4 Å². The van der Waals surface area contributed by atoms with Gasteiger partial charge in [-0.2, -0.15) is 5.26 Å². The molecule has 1 heterocycles. The lowest BCUT2D eigenvalue weighted by Crippen LogP contribution is -2.47. The van der Waals surface area contributed by atoms with Crippen LogP contribution in [0.15, 0.2) is 24.3 Å². The van der Waals surface area contributed by atoms with E-state index in [4.69, 9.17) is 10.4 Å². The number of likely N-dealkylation sites (tertiary alicyclic amines) is 1. The minimum Gasteiger partial charge on any atom is -0.481 e. The van der Waals surface area contributed by atoms with Crippen molar-refractivity contribution in [2.75, 3.05) is 13.1 Å². The van der Waals surface area contributed by atoms with Crippen LogP contribution in [0.3, 0.4) is 0 Å². The molecule has 1 aliphatic rings. The van der Waals surface area contributed by atoms with Crippen LogP contribution >= 0.6 is 0 Å². The van der Waals surface area contributed by atoms with E-state index in [2.05, 4.69) is 5.32 Å². The second-order valence-corrected chi connectivity index (χ2v) is 5.53. The fraction of sp³-hybridized carbons (Fsp3) is 0.438. The number of rotatable bonds is 3. The molecule has 0 aliphatic carbocycles. The molecule has 1 aromatic carbocycles. The SMILES string of the molecule is CC(NC(=O)N1CCCC(C(=O)O)C1)c1ccc(C#N)cc1. The molecule has 1 aliphatic heterocycles. The summed E-state index contributed by atoms with van der Waals surface area (Å²) in [5.74, 6) is -1.33. The molecule has 0 bridgehead atoms. The molecular weight excluding hydrogens is 282 g/mol. The first-order valence-electron chi connectivity index (χ1n) is 7.29. The van der Waals surface area contributed by atoms with Crippen molar-refractivity contribution in [2.24, 2.45) is 5.92 Å². The molecule has 0 saturated carbocycles. The lowest BCUT2D eigenvalue weighted by atomic mass is 9.98. The van der Waals surface area contributed by atoms with Crippen LogP contribution in [0.5, 0.6) is 0 Å². The minimum atomic E-state index is -0.849. The number of aliphatic carboxylic acids is 1. The quantitative estimate of drug-likeness (QED) is 0.894. The first-order chi connectivity index (χ1) is 10.5. The van der Waals surface area contributed by atoms with E-state index in [9.17, 15) is 9.59 Å². The van der Waals surface area contributed by atoms with Gasteiger partial charge >= 0.3 is 12.0 Å². The summed E-state index contributed by atoms with van der Waals surface area (Å²) >= 11 is 0. The van der Waals surface area contributed by atoms with E-state index >= 15 is 0 Å². The molecule has 0 aromatic heterocycles. The minimum absolute atomic E-state index is 0.203. The largest absolute Gasteiger partial charge is 0.481 e. The normalized spacial score (nSPS) is 19.1. The molecule has 6 nitrogen and oxygen atoms in total. The van der Waals surface area contributed by atoms with Crippen molar-refractivity contribution in [1.29, 1.82) is 5.26 Å². The smallest absolute Gasteiger partial charge is 0.317 e. The molecule has 116 valence electrons. The Morgan fingerprint density at radius 2 is 2.09 bits per heavy atom. The third-order valence-corrected chi connectivity index (χ3v) is 3.94. The Morgan fingerprint density at radius 1 is 1.41 bits per heavy atom. The van der Waals surface area contributed by atoms with Crippen molar-refractivity contribution in [1.82, 2.24) is 10.2 Å². The molecule has 22 heavy (non-hydrogen) atoms. The van der Waals surface area contributed by atoms with E-state index in [1.165, 1.54) is 0 Å². The fourth-order valence-corrected chi connectivity index (χ4v) is 2.57. The molecule has 2 rings (SSSR count). The van der Waals surface area contributed by atoms with Crippen molar-refractivity contribution in [3.63, 3.8) is 0 Å². The second-order valence-electron chi connectivity index (χ2n) is 5.53. The Balaban J connectivity index is 1.95. The highest BCUT2D eigenvalue weighted by molar-refractivity contribution is 5.77. The van der Waals surface area contributed by atoms with E-state index in [-0.39, 0.29) is 18.6 Å². The van der Waals surface area contributed by atoms with Crippen molar-refractivity contribution in [2.45, 2.75) is 25.8 Å². The molecule has 1 saturated heterocycles. The Morgan fingerprint density at radius 3 is 2.68 bits per heavy atom. The predicted molar refractivity (Wildman–Crippen MR) is 80.0 cm³/mol. The number of piperidine rings is 1. The molecule has 2 atom stereocenters. The number of benzene rings is 1. The van der Waals surface area contributed by atoms with Gasteiger partial charge in [0, 0.05) is 13.1 Å². The van der Waals surface area contributed by atoms with Crippen molar-refractivity contribution < 1.29 is 14.7 Å². The van der Waals surface area contributed by atoms with Crippen molar-refractivity contribution in [3.8, 4) is 6.07 Å². The summed E-state index contributed by atoms with van der Waals surface area (Å²) in [4.78, 5) is 24.8. The van der Waals surface area contributed by atoms with Gasteiger partial charge < -0.3 is 15.3 Å². The van der Waals surface area contributed by atoms with Gasteiger partial charge in [0.25, 0.3) is 0 Å². The third kappa shape index (κ3) is 3.76. The number of hydrogen-bond acceptors (Lipinski definition) is 3. The first-order valence-corrected chi connectivity index (χ1v) is 7.29. The number of carboxylic acid groups (broad SMARTS) is 1. The van der Waals surface area contributed by atoms with Gasteiger partial charge in [-0.3, -0.25) is 4.79 Å². The van der Waals surface area contributed by atoms with E-state index in [1.807, 2.05) is 13.0 Å². The highest BCUT2D eigenvalue weighted by atomic mass is 16.4. The molecule has 0 spiro atoms. The Labute approximate surface area is 129 Å². The van der Waals surface area contributed by atoms with Crippen LogP contribution in [0, 0.1) is 17.2 Å². The number of nitrogens with one attached hydrogen (secondary N) is 1. The van der Waals surface area contributed by atoms with Gasteiger partial charge in [-0.15, -0.1) is 0 Å². The summed E-state index contributed by atoms with van der Waals surface area (Å²) in [5, 5.41) is 20.7. The Bertz CT molecular complexity index is 592. The number of nitrogens with zero attached hydrogens (tertiary/aromatic N) is 2. The molecule has 2 amide bonds. The van der Waals surface area contributed by atoms with Crippen LogP contribution in [-0.2, 0) is 4.79 Å². The van der Waals surface area contributed by atoms with Gasteiger partial charge in [0.05, 0.1) is 23.6 Å². The van der Waals surface area contributed by atoms with E-state index in [0.29, 0.717) is 24.9 Å². The summed E-state index contributed by atoms with van der Waals surface area (Å²) in [6, 6.07) is 8.63. The Kier molecular flexibility index (Phi) is 4.99. The first kappa shape index (κ1) is 15.8. The highest BCUT2D eigenvalue weighted by Gasteiger charge is 2.28. The zero-order valence-corrected chi connectivity index (χ0v) is 12.5. The van der Waals surface area contributed by atoms with Crippen LogP contribution in [0.2, 0.25) is 0 Å². The molecule has 6 heteroatoms. The number of carboxylic acids is 1. The average molecular weight is 301 g/mol. The number of carbonyl (C=O) groups excluding carboxylic acids is 1. The van der Waals surface area contributed by atoms with Crippen molar-refractivity contribution in [3.05, 3.63) is 35.4 Å². The summed E-state index contributed by atoms with van der Waals surface area (Å²) in [6.07, 6.45) is 1.32.